The fraction of sp³-hybridized carbons (Fsp3) is 0.125. The van der Waals surface area contributed by atoms with Crippen molar-refractivity contribution in [1.82, 2.24) is 10.5 Å². The molecule has 5 heteroatoms. The number of amides is 1. The summed E-state index contributed by atoms with van der Waals surface area (Å²) >= 11 is 5.82. The van der Waals surface area contributed by atoms with Crippen LogP contribution in [0, 0.1) is 0 Å². The average molecular weight is 301 g/mol. The second-order valence-electron chi connectivity index (χ2n) is 4.71. The zero-order valence-electron chi connectivity index (χ0n) is 11.2. The number of carbonyl (C=O) groups excluding carboxylic acids is 1. The topological polar surface area (TPSA) is 55.1 Å². The summed E-state index contributed by atoms with van der Waals surface area (Å²) in [7, 11) is 0. The van der Waals surface area contributed by atoms with Gasteiger partial charge in [-0.05, 0) is 29.8 Å². The smallest absolute Gasteiger partial charge is 0.226 e. The number of nitrogens with zero attached hydrogens (tertiary/aromatic N) is 1. The maximum absolute atomic E-state index is 12.0. The molecule has 0 aliphatic rings. The third-order valence-electron chi connectivity index (χ3n) is 3.18. The summed E-state index contributed by atoms with van der Waals surface area (Å²) in [5.41, 5.74) is 2.34. The second-order valence-corrected chi connectivity index (χ2v) is 5.14. The lowest BCUT2D eigenvalue weighted by Crippen LogP contribution is -2.24. The molecule has 1 heterocycles. The van der Waals surface area contributed by atoms with Crippen LogP contribution in [0.2, 0.25) is 5.02 Å². The molecule has 1 aromatic heterocycles. The Bertz CT molecular complexity index is 765. The van der Waals surface area contributed by atoms with Gasteiger partial charge in [0, 0.05) is 17.0 Å². The summed E-state index contributed by atoms with van der Waals surface area (Å²) < 4.78 is 5.18. The Balaban J connectivity index is 1.62. The summed E-state index contributed by atoms with van der Waals surface area (Å²) in [6, 6.07) is 14.9. The van der Waals surface area contributed by atoms with E-state index in [0.717, 1.165) is 10.9 Å². The van der Waals surface area contributed by atoms with E-state index in [1.165, 1.54) is 0 Å². The molecule has 0 fully saturated rings. The van der Waals surface area contributed by atoms with Crippen molar-refractivity contribution < 1.29 is 9.32 Å². The van der Waals surface area contributed by atoms with Crippen LogP contribution in [0.25, 0.3) is 11.0 Å². The highest BCUT2D eigenvalue weighted by Gasteiger charge is 2.11. The SMILES string of the molecule is O=C(Cc1noc2ccccc12)NCc1ccc(Cl)cc1. The first-order valence-electron chi connectivity index (χ1n) is 6.57. The van der Waals surface area contributed by atoms with Gasteiger partial charge in [-0.2, -0.15) is 0 Å². The summed E-state index contributed by atoms with van der Waals surface area (Å²) in [5, 5.41) is 8.36. The molecular weight excluding hydrogens is 288 g/mol. The van der Waals surface area contributed by atoms with Crippen molar-refractivity contribution in [2.75, 3.05) is 0 Å². The van der Waals surface area contributed by atoms with E-state index in [2.05, 4.69) is 10.5 Å². The molecule has 0 unspecified atom stereocenters. The third kappa shape index (κ3) is 3.23. The first kappa shape index (κ1) is 13.6. The van der Waals surface area contributed by atoms with Gasteiger partial charge in [-0.3, -0.25) is 4.79 Å². The molecule has 1 N–H and O–H groups in total. The van der Waals surface area contributed by atoms with E-state index in [-0.39, 0.29) is 12.3 Å². The first-order valence-corrected chi connectivity index (χ1v) is 6.94. The Kier molecular flexibility index (Phi) is 3.88. The Morgan fingerprint density at radius 2 is 1.90 bits per heavy atom. The largest absolute Gasteiger partial charge is 0.356 e. The zero-order valence-corrected chi connectivity index (χ0v) is 11.9. The Morgan fingerprint density at radius 3 is 2.71 bits per heavy atom. The van der Waals surface area contributed by atoms with Crippen molar-refractivity contribution in [3.63, 3.8) is 0 Å². The van der Waals surface area contributed by atoms with Gasteiger partial charge in [0.25, 0.3) is 0 Å². The van der Waals surface area contributed by atoms with Crippen LogP contribution in [0.5, 0.6) is 0 Å². The van der Waals surface area contributed by atoms with Gasteiger partial charge in [-0.15, -0.1) is 0 Å². The van der Waals surface area contributed by atoms with Crippen molar-refractivity contribution in [2.45, 2.75) is 13.0 Å². The molecule has 0 radical (unpaired) electrons. The van der Waals surface area contributed by atoms with E-state index in [9.17, 15) is 4.79 Å². The molecule has 0 atom stereocenters. The van der Waals surface area contributed by atoms with E-state index in [4.69, 9.17) is 16.1 Å². The van der Waals surface area contributed by atoms with Crippen molar-refractivity contribution in [3.8, 4) is 0 Å². The van der Waals surface area contributed by atoms with Gasteiger partial charge in [0.1, 0.15) is 5.69 Å². The number of nitrogens with one attached hydrogen (secondary N) is 1. The number of benzene rings is 2. The van der Waals surface area contributed by atoms with E-state index >= 15 is 0 Å². The predicted octanol–water partition coefficient (Wildman–Crippen LogP) is 3.34. The molecule has 4 nitrogen and oxygen atoms in total. The number of hydrogen-bond acceptors (Lipinski definition) is 3. The lowest BCUT2D eigenvalue weighted by Gasteiger charge is -2.04. The van der Waals surface area contributed by atoms with Crippen molar-refractivity contribution in [3.05, 3.63) is 64.8 Å². The summed E-state index contributed by atoms with van der Waals surface area (Å²) in [4.78, 5) is 12.0. The van der Waals surface area contributed by atoms with Crippen LogP contribution in [0.1, 0.15) is 11.3 Å². The van der Waals surface area contributed by atoms with Crippen molar-refractivity contribution in [1.29, 1.82) is 0 Å². The molecule has 0 saturated heterocycles. The van der Waals surface area contributed by atoms with Gasteiger partial charge in [0.15, 0.2) is 5.58 Å². The van der Waals surface area contributed by atoms with E-state index in [1.54, 1.807) is 12.1 Å². The third-order valence-corrected chi connectivity index (χ3v) is 3.44. The minimum absolute atomic E-state index is 0.0935. The Hall–Kier alpha value is -2.33. The van der Waals surface area contributed by atoms with Gasteiger partial charge in [0.2, 0.25) is 5.91 Å². The molecule has 1 amide bonds. The van der Waals surface area contributed by atoms with Crippen molar-refractivity contribution >= 4 is 28.5 Å². The number of fused-ring (bicyclic) bond motifs is 1. The molecule has 21 heavy (non-hydrogen) atoms. The normalized spacial score (nSPS) is 10.7. The molecular formula is C16H13ClN2O2. The average Bonchev–Trinajstić information content (AvgIpc) is 2.90. The van der Waals surface area contributed by atoms with E-state index < -0.39 is 0 Å². The second kappa shape index (κ2) is 5.97. The van der Waals surface area contributed by atoms with Crippen LogP contribution in [0.4, 0.5) is 0 Å². The lowest BCUT2D eigenvalue weighted by molar-refractivity contribution is -0.120. The molecule has 0 spiro atoms. The monoisotopic (exact) mass is 300 g/mol. The van der Waals surface area contributed by atoms with Crippen LogP contribution >= 0.6 is 11.6 Å². The Morgan fingerprint density at radius 1 is 1.14 bits per heavy atom. The van der Waals surface area contributed by atoms with Crippen LogP contribution in [0.3, 0.4) is 0 Å². The first-order chi connectivity index (χ1) is 10.2. The summed E-state index contributed by atoms with van der Waals surface area (Å²) in [6.45, 7) is 0.464. The lowest BCUT2D eigenvalue weighted by atomic mass is 10.1. The molecule has 2 aromatic carbocycles. The van der Waals surface area contributed by atoms with Gasteiger partial charge >= 0.3 is 0 Å². The zero-order chi connectivity index (χ0) is 14.7. The maximum Gasteiger partial charge on any atom is 0.226 e. The maximum atomic E-state index is 12.0. The highest BCUT2D eigenvalue weighted by atomic mass is 35.5. The van der Waals surface area contributed by atoms with E-state index in [0.29, 0.717) is 22.8 Å². The highest BCUT2D eigenvalue weighted by Crippen LogP contribution is 2.18. The van der Waals surface area contributed by atoms with Gasteiger partial charge in [0.05, 0.1) is 6.42 Å². The minimum Gasteiger partial charge on any atom is -0.356 e. The summed E-state index contributed by atoms with van der Waals surface area (Å²) in [6.07, 6.45) is 0.199. The van der Waals surface area contributed by atoms with Crippen LogP contribution in [0.15, 0.2) is 53.1 Å². The van der Waals surface area contributed by atoms with Gasteiger partial charge in [-0.1, -0.05) is 41.0 Å². The number of hydrogen-bond donors (Lipinski definition) is 1. The molecule has 0 aliphatic carbocycles. The van der Waals surface area contributed by atoms with Crippen LogP contribution < -0.4 is 5.32 Å². The molecule has 0 aliphatic heterocycles. The highest BCUT2D eigenvalue weighted by molar-refractivity contribution is 6.30. The fourth-order valence-corrected chi connectivity index (χ4v) is 2.21. The van der Waals surface area contributed by atoms with Crippen LogP contribution in [-0.4, -0.2) is 11.1 Å². The number of para-hydroxylation sites is 1. The standard InChI is InChI=1S/C16H13ClN2O2/c17-12-7-5-11(6-8-12)10-18-16(20)9-14-13-3-1-2-4-15(13)21-19-14/h1-8H,9-10H2,(H,18,20). The summed E-state index contributed by atoms with van der Waals surface area (Å²) in [5.74, 6) is -0.0935. The molecule has 106 valence electrons. The van der Waals surface area contributed by atoms with Gasteiger partial charge in [-0.25, -0.2) is 0 Å². The van der Waals surface area contributed by atoms with E-state index in [1.807, 2.05) is 36.4 Å². The number of aromatic nitrogens is 1. The molecule has 0 bridgehead atoms. The van der Waals surface area contributed by atoms with Crippen LogP contribution in [-0.2, 0) is 17.8 Å². The fourth-order valence-electron chi connectivity index (χ4n) is 2.08. The van der Waals surface area contributed by atoms with Crippen molar-refractivity contribution in [2.24, 2.45) is 0 Å². The minimum atomic E-state index is -0.0935. The number of halogens is 1. The molecule has 0 saturated carbocycles. The molecule has 3 aromatic rings. The Labute approximate surface area is 126 Å². The molecule has 3 rings (SSSR count). The van der Waals surface area contributed by atoms with Gasteiger partial charge < -0.3 is 9.84 Å². The quantitative estimate of drug-likeness (QED) is 0.804. The number of carbonyl (C=O) groups is 1. The number of rotatable bonds is 4. The predicted molar refractivity (Wildman–Crippen MR) is 81.0 cm³/mol.